The lowest BCUT2D eigenvalue weighted by molar-refractivity contribution is -0.0591. The molecule has 4 N–H and O–H groups in total. The van der Waals surface area contributed by atoms with Gasteiger partial charge in [0, 0.05) is 24.2 Å². The molecule has 5 nitrogen and oxygen atoms in total. The Morgan fingerprint density at radius 2 is 1.90 bits per heavy atom. The molecule has 29 heavy (non-hydrogen) atoms. The van der Waals surface area contributed by atoms with Gasteiger partial charge in [-0.15, -0.1) is 0 Å². The largest absolute Gasteiger partial charge is 0.367 e. The SMILES string of the molecule is N[C@@H]1[C@@H]2CC3C[C@H]1C[C@@](CNc1nc(NCc4ccccc4Cl)ncc1F)(C3)C2. The van der Waals surface area contributed by atoms with E-state index in [9.17, 15) is 4.39 Å². The Morgan fingerprint density at radius 3 is 2.66 bits per heavy atom. The first-order chi connectivity index (χ1) is 14.0. The molecule has 2 aromatic rings. The second kappa shape index (κ2) is 7.40. The zero-order chi connectivity index (χ0) is 20.0. The summed E-state index contributed by atoms with van der Waals surface area (Å²) in [7, 11) is 0. The quantitative estimate of drug-likeness (QED) is 0.650. The van der Waals surface area contributed by atoms with Gasteiger partial charge in [0.25, 0.3) is 0 Å². The van der Waals surface area contributed by atoms with Crippen LogP contribution in [0.5, 0.6) is 0 Å². The summed E-state index contributed by atoms with van der Waals surface area (Å²) in [4.78, 5) is 8.44. The highest BCUT2D eigenvalue weighted by atomic mass is 35.5. The molecule has 4 saturated carbocycles. The van der Waals surface area contributed by atoms with Crippen molar-refractivity contribution < 1.29 is 4.39 Å². The van der Waals surface area contributed by atoms with Crippen LogP contribution in [0.2, 0.25) is 5.02 Å². The van der Waals surface area contributed by atoms with Gasteiger partial charge in [-0.25, -0.2) is 9.37 Å². The molecular formula is C22H27ClFN5. The maximum absolute atomic E-state index is 14.4. The molecule has 7 heteroatoms. The lowest BCUT2D eigenvalue weighted by Gasteiger charge is -2.59. The van der Waals surface area contributed by atoms with Crippen LogP contribution in [0.15, 0.2) is 30.5 Å². The number of benzene rings is 1. The summed E-state index contributed by atoms with van der Waals surface area (Å²) < 4.78 is 14.4. The Kier molecular flexibility index (Phi) is 4.87. The number of halogens is 2. The molecule has 4 bridgehead atoms. The van der Waals surface area contributed by atoms with Crippen LogP contribution in [0, 0.1) is 29.0 Å². The van der Waals surface area contributed by atoms with Crippen LogP contribution in [0.4, 0.5) is 16.2 Å². The van der Waals surface area contributed by atoms with Crippen molar-refractivity contribution in [3.8, 4) is 0 Å². The van der Waals surface area contributed by atoms with Gasteiger partial charge in [-0.1, -0.05) is 29.8 Å². The monoisotopic (exact) mass is 415 g/mol. The molecular weight excluding hydrogens is 389 g/mol. The van der Waals surface area contributed by atoms with Crippen molar-refractivity contribution in [2.45, 2.75) is 44.7 Å². The van der Waals surface area contributed by atoms with Gasteiger partial charge in [-0.05, 0) is 66.9 Å². The molecule has 1 aromatic carbocycles. The average Bonchev–Trinajstić information content (AvgIpc) is 2.71. The van der Waals surface area contributed by atoms with E-state index in [1.165, 1.54) is 25.5 Å². The highest BCUT2D eigenvalue weighted by Crippen LogP contribution is 2.59. The van der Waals surface area contributed by atoms with Crippen LogP contribution in [0.25, 0.3) is 0 Å². The smallest absolute Gasteiger partial charge is 0.225 e. The minimum atomic E-state index is -0.422. The summed E-state index contributed by atoms with van der Waals surface area (Å²) in [5.74, 6) is 2.28. The predicted octanol–water partition coefficient (Wildman–Crippen LogP) is 4.45. The maximum Gasteiger partial charge on any atom is 0.225 e. The van der Waals surface area contributed by atoms with Crippen molar-refractivity contribution in [2.24, 2.45) is 28.9 Å². The molecule has 0 radical (unpaired) electrons. The van der Waals surface area contributed by atoms with Crippen molar-refractivity contribution in [3.05, 3.63) is 46.9 Å². The van der Waals surface area contributed by atoms with Crippen molar-refractivity contribution in [3.63, 3.8) is 0 Å². The van der Waals surface area contributed by atoms with Gasteiger partial charge in [-0.3, -0.25) is 0 Å². The Bertz CT molecular complexity index is 891. The van der Waals surface area contributed by atoms with Crippen molar-refractivity contribution in [1.82, 2.24) is 9.97 Å². The van der Waals surface area contributed by atoms with Gasteiger partial charge in [0.05, 0.1) is 6.20 Å². The second-order valence-corrected chi connectivity index (χ2v) is 9.64. The molecule has 0 saturated heterocycles. The van der Waals surface area contributed by atoms with E-state index in [0.717, 1.165) is 30.9 Å². The first kappa shape index (κ1) is 19.1. The average molecular weight is 416 g/mol. The van der Waals surface area contributed by atoms with E-state index in [1.54, 1.807) is 0 Å². The summed E-state index contributed by atoms with van der Waals surface area (Å²) in [5.41, 5.74) is 7.63. The standard InChI is InChI=1S/C22H27ClFN5/c23-17-4-2-1-3-14(17)10-26-21-27-11-18(24)20(29-21)28-12-22-7-13-5-15(8-22)19(25)16(6-13)9-22/h1-4,11,13,15-16,19H,5-10,12,25H2,(H2,26,27,28,29)/t13?,15-,16+,19-,22-. The first-order valence-electron chi connectivity index (χ1n) is 10.5. The molecule has 0 aliphatic heterocycles. The van der Waals surface area contributed by atoms with E-state index >= 15 is 0 Å². The first-order valence-corrected chi connectivity index (χ1v) is 10.9. The highest BCUT2D eigenvalue weighted by molar-refractivity contribution is 6.31. The molecule has 154 valence electrons. The van der Waals surface area contributed by atoms with Crippen molar-refractivity contribution in [2.75, 3.05) is 17.2 Å². The molecule has 6 rings (SSSR count). The van der Waals surface area contributed by atoms with Crippen LogP contribution >= 0.6 is 11.6 Å². The Balaban J connectivity index is 1.26. The number of hydrogen-bond donors (Lipinski definition) is 3. The molecule has 4 fully saturated rings. The lowest BCUT2D eigenvalue weighted by atomic mass is 9.48. The number of anilines is 2. The molecule has 0 amide bonds. The van der Waals surface area contributed by atoms with Gasteiger partial charge < -0.3 is 16.4 Å². The fraction of sp³-hybridized carbons (Fsp3) is 0.545. The second-order valence-electron chi connectivity index (χ2n) is 9.24. The maximum atomic E-state index is 14.4. The van der Waals surface area contributed by atoms with Crippen LogP contribution in [0.3, 0.4) is 0 Å². The minimum absolute atomic E-state index is 0.231. The van der Waals surface area contributed by atoms with Gasteiger partial charge in [0.2, 0.25) is 5.95 Å². The van der Waals surface area contributed by atoms with Gasteiger partial charge in [0.1, 0.15) is 0 Å². The summed E-state index contributed by atoms with van der Waals surface area (Å²) in [6, 6.07) is 7.96. The summed E-state index contributed by atoms with van der Waals surface area (Å²) in [6.07, 6.45) is 7.30. The molecule has 5 atom stereocenters. The van der Waals surface area contributed by atoms with Gasteiger partial charge >= 0.3 is 0 Å². The molecule has 1 heterocycles. The zero-order valence-corrected chi connectivity index (χ0v) is 17.1. The third kappa shape index (κ3) is 3.68. The topological polar surface area (TPSA) is 75.9 Å². The summed E-state index contributed by atoms with van der Waals surface area (Å²) in [5, 5.41) is 7.12. The van der Waals surface area contributed by atoms with E-state index in [4.69, 9.17) is 17.3 Å². The summed E-state index contributed by atoms with van der Waals surface area (Å²) >= 11 is 6.19. The third-order valence-corrected chi connectivity index (χ3v) is 7.61. The predicted molar refractivity (Wildman–Crippen MR) is 113 cm³/mol. The fourth-order valence-electron chi connectivity index (χ4n) is 6.11. The fourth-order valence-corrected chi connectivity index (χ4v) is 6.31. The molecule has 1 aromatic heterocycles. The third-order valence-electron chi connectivity index (χ3n) is 7.24. The van der Waals surface area contributed by atoms with E-state index in [-0.39, 0.29) is 11.2 Å². The van der Waals surface area contributed by atoms with Gasteiger partial charge in [-0.2, -0.15) is 4.98 Å². The van der Waals surface area contributed by atoms with E-state index in [1.807, 2.05) is 24.3 Å². The van der Waals surface area contributed by atoms with Crippen LogP contribution in [0.1, 0.15) is 37.7 Å². The number of aromatic nitrogens is 2. The molecule has 4 aliphatic rings. The number of hydrogen-bond acceptors (Lipinski definition) is 5. The van der Waals surface area contributed by atoms with E-state index in [2.05, 4.69) is 20.6 Å². The zero-order valence-electron chi connectivity index (χ0n) is 16.4. The Hall–Kier alpha value is -1.92. The van der Waals surface area contributed by atoms with Gasteiger partial charge in [0.15, 0.2) is 11.6 Å². The van der Waals surface area contributed by atoms with Crippen LogP contribution in [-0.4, -0.2) is 22.6 Å². The Labute approximate surface area is 175 Å². The van der Waals surface area contributed by atoms with E-state index < -0.39 is 5.82 Å². The molecule has 4 aliphatic carbocycles. The normalized spacial score (nSPS) is 32.4. The summed E-state index contributed by atoms with van der Waals surface area (Å²) in [6.45, 7) is 1.23. The van der Waals surface area contributed by atoms with Crippen LogP contribution in [-0.2, 0) is 6.54 Å². The number of nitrogens with zero attached hydrogens (tertiary/aromatic N) is 2. The number of nitrogens with one attached hydrogen (secondary N) is 2. The van der Waals surface area contributed by atoms with E-state index in [0.29, 0.717) is 35.4 Å². The Morgan fingerprint density at radius 1 is 1.14 bits per heavy atom. The van der Waals surface area contributed by atoms with Crippen molar-refractivity contribution in [1.29, 1.82) is 0 Å². The number of nitrogens with two attached hydrogens (primary N) is 1. The van der Waals surface area contributed by atoms with Crippen molar-refractivity contribution >= 4 is 23.4 Å². The highest BCUT2D eigenvalue weighted by Gasteiger charge is 2.54. The molecule has 0 spiro atoms. The number of rotatable bonds is 6. The minimum Gasteiger partial charge on any atom is -0.367 e. The lowest BCUT2D eigenvalue weighted by Crippen LogP contribution is -2.58. The molecule has 1 unspecified atom stereocenters. The van der Waals surface area contributed by atoms with Crippen LogP contribution < -0.4 is 16.4 Å².